The fourth-order valence-corrected chi connectivity index (χ4v) is 3.97. The van der Waals surface area contributed by atoms with Gasteiger partial charge in [-0.1, -0.05) is 42.2 Å². The fraction of sp³-hybridized carbons (Fsp3) is 0.111. The van der Waals surface area contributed by atoms with Gasteiger partial charge in [0.25, 0.3) is 5.91 Å². The molecule has 0 spiro atoms. The Balaban J connectivity index is 1.79. The van der Waals surface area contributed by atoms with E-state index in [1.54, 1.807) is 36.3 Å². The SMILES string of the molecule is COc1ccc(CN2C(=O)/C(=C\c3ccc(O)c(Br)c3)SC2=S)cc1. The number of aromatic hydroxyl groups is 1. The maximum atomic E-state index is 12.7. The highest BCUT2D eigenvalue weighted by molar-refractivity contribution is 9.10. The molecular formula is C18H14BrNO3S2. The van der Waals surface area contributed by atoms with E-state index >= 15 is 0 Å². The van der Waals surface area contributed by atoms with Crippen LogP contribution in [0.3, 0.4) is 0 Å². The van der Waals surface area contributed by atoms with Crippen LogP contribution in [0.15, 0.2) is 51.8 Å². The number of hydrogen-bond donors (Lipinski definition) is 1. The normalized spacial score (nSPS) is 15.9. The highest BCUT2D eigenvalue weighted by atomic mass is 79.9. The zero-order valence-electron chi connectivity index (χ0n) is 13.2. The Labute approximate surface area is 163 Å². The lowest BCUT2D eigenvalue weighted by atomic mass is 10.2. The molecule has 2 aromatic rings. The van der Waals surface area contributed by atoms with E-state index in [1.807, 2.05) is 24.3 Å². The molecule has 3 rings (SSSR count). The quantitative estimate of drug-likeness (QED) is 0.563. The Morgan fingerprint density at radius 2 is 2.00 bits per heavy atom. The average molecular weight is 436 g/mol. The molecule has 0 radical (unpaired) electrons. The Morgan fingerprint density at radius 3 is 2.64 bits per heavy atom. The number of halogens is 1. The molecule has 0 saturated carbocycles. The first-order valence-corrected chi connectivity index (χ1v) is 9.36. The van der Waals surface area contributed by atoms with E-state index in [0.29, 0.717) is 20.2 Å². The third-order valence-corrected chi connectivity index (χ3v) is 5.66. The highest BCUT2D eigenvalue weighted by Crippen LogP contribution is 2.34. The van der Waals surface area contributed by atoms with Gasteiger partial charge in [-0.15, -0.1) is 0 Å². The van der Waals surface area contributed by atoms with E-state index in [4.69, 9.17) is 17.0 Å². The number of carbonyl (C=O) groups is 1. The van der Waals surface area contributed by atoms with Gasteiger partial charge in [-0.05, 0) is 57.4 Å². The largest absolute Gasteiger partial charge is 0.507 e. The fourth-order valence-electron chi connectivity index (χ4n) is 2.31. The minimum atomic E-state index is -0.116. The zero-order valence-corrected chi connectivity index (χ0v) is 16.5. The number of nitrogens with zero attached hydrogens (tertiary/aromatic N) is 1. The van der Waals surface area contributed by atoms with Gasteiger partial charge in [0.1, 0.15) is 15.8 Å². The Bertz CT molecular complexity index is 865. The van der Waals surface area contributed by atoms with Crippen molar-refractivity contribution in [1.82, 2.24) is 4.90 Å². The van der Waals surface area contributed by atoms with Crippen molar-refractivity contribution in [2.75, 3.05) is 7.11 Å². The smallest absolute Gasteiger partial charge is 0.266 e. The number of hydrogen-bond acceptors (Lipinski definition) is 5. The minimum Gasteiger partial charge on any atom is -0.507 e. The van der Waals surface area contributed by atoms with Crippen LogP contribution in [0.4, 0.5) is 0 Å². The minimum absolute atomic E-state index is 0.116. The number of rotatable bonds is 4. The molecule has 0 atom stereocenters. The van der Waals surface area contributed by atoms with Crippen LogP contribution in [0.2, 0.25) is 0 Å². The summed E-state index contributed by atoms with van der Waals surface area (Å²) in [6.07, 6.45) is 1.78. The van der Waals surface area contributed by atoms with Crippen LogP contribution >= 0.6 is 39.9 Å². The molecule has 0 aromatic heterocycles. The maximum absolute atomic E-state index is 12.7. The van der Waals surface area contributed by atoms with Crippen LogP contribution in [-0.2, 0) is 11.3 Å². The number of phenols is 1. The molecule has 0 unspecified atom stereocenters. The molecule has 2 aromatic carbocycles. The number of ether oxygens (including phenoxy) is 1. The van der Waals surface area contributed by atoms with Gasteiger partial charge < -0.3 is 9.84 Å². The van der Waals surface area contributed by atoms with E-state index in [2.05, 4.69) is 15.9 Å². The summed E-state index contributed by atoms with van der Waals surface area (Å²) in [5.74, 6) is 0.811. The summed E-state index contributed by atoms with van der Waals surface area (Å²) < 4.78 is 6.25. The van der Waals surface area contributed by atoms with Crippen molar-refractivity contribution in [1.29, 1.82) is 0 Å². The number of carbonyl (C=O) groups excluding carboxylic acids is 1. The molecule has 0 aliphatic carbocycles. The van der Waals surface area contributed by atoms with Crippen molar-refractivity contribution in [3.8, 4) is 11.5 Å². The number of methoxy groups -OCH3 is 1. The van der Waals surface area contributed by atoms with Gasteiger partial charge in [0.2, 0.25) is 0 Å². The van der Waals surface area contributed by atoms with E-state index < -0.39 is 0 Å². The van der Waals surface area contributed by atoms with Crippen LogP contribution < -0.4 is 4.74 Å². The maximum Gasteiger partial charge on any atom is 0.266 e. The number of benzene rings is 2. The molecule has 1 amide bonds. The molecule has 1 aliphatic rings. The van der Waals surface area contributed by atoms with Crippen molar-refractivity contribution in [3.63, 3.8) is 0 Å². The Kier molecular flexibility index (Phi) is 5.46. The van der Waals surface area contributed by atoms with Gasteiger partial charge >= 0.3 is 0 Å². The second-order valence-electron chi connectivity index (χ2n) is 5.33. The topological polar surface area (TPSA) is 49.8 Å². The van der Waals surface area contributed by atoms with Crippen LogP contribution in [0.5, 0.6) is 11.5 Å². The standard InChI is InChI=1S/C18H14BrNO3S2/c1-23-13-5-2-11(3-6-13)10-20-17(22)16(25-18(20)24)9-12-4-7-15(21)14(19)8-12/h2-9,21H,10H2,1H3/b16-9+. The summed E-state index contributed by atoms with van der Waals surface area (Å²) in [6, 6.07) is 12.6. The lowest BCUT2D eigenvalue weighted by molar-refractivity contribution is -0.122. The number of phenolic OH excluding ortho intramolecular Hbond substituents is 1. The number of thiocarbonyl (C=S) groups is 1. The summed E-state index contributed by atoms with van der Waals surface area (Å²) in [5, 5.41) is 9.56. The molecule has 7 heteroatoms. The van der Waals surface area contributed by atoms with Crippen LogP contribution in [0, 0.1) is 0 Å². The van der Waals surface area contributed by atoms with E-state index in [-0.39, 0.29) is 11.7 Å². The predicted octanol–water partition coefficient (Wildman–Crippen LogP) is 4.56. The van der Waals surface area contributed by atoms with Gasteiger partial charge in [0.05, 0.1) is 23.0 Å². The molecule has 0 bridgehead atoms. The average Bonchev–Trinajstić information content (AvgIpc) is 2.86. The molecule has 4 nitrogen and oxygen atoms in total. The van der Waals surface area contributed by atoms with Crippen molar-refractivity contribution in [3.05, 3.63) is 63.0 Å². The summed E-state index contributed by atoms with van der Waals surface area (Å²) in [5.41, 5.74) is 1.79. The second kappa shape index (κ2) is 7.59. The summed E-state index contributed by atoms with van der Waals surface area (Å²) in [7, 11) is 1.61. The first-order chi connectivity index (χ1) is 12.0. The number of amides is 1. The third-order valence-electron chi connectivity index (χ3n) is 3.64. The number of thioether (sulfide) groups is 1. The van der Waals surface area contributed by atoms with E-state index in [1.165, 1.54) is 11.8 Å². The van der Waals surface area contributed by atoms with E-state index in [0.717, 1.165) is 16.9 Å². The van der Waals surface area contributed by atoms with Gasteiger partial charge in [0.15, 0.2) is 0 Å². The predicted molar refractivity (Wildman–Crippen MR) is 108 cm³/mol. The monoisotopic (exact) mass is 435 g/mol. The zero-order chi connectivity index (χ0) is 18.0. The van der Waals surface area contributed by atoms with Gasteiger partial charge in [-0.2, -0.15) is 0 Å². The lowest BCUT2D eigenvalue weighted by Gasteiger charge is -2.14. The summed E-state index contributed by atoms with van der Waals surface area (Å²) in [6.45, 7) is 0.422. The lowest BCUT2D eigenvalue weighted by Crippen LogP contribution is -2.27. The van der Waals surface area contributed by atoms with Crippen molar-refractivity contribution >= 4 is 56.2 Å². The first kappa shape index (κ1) is 18.0. The molecule has 128 valence electrons. The molecule has 1 N–H and O–H groups in total. The molecule has 1 fully saturated rings. The van der Waals surface area contributed by atoms with Gasteiger partial charge in [0, 0.05) is 0 Å². The van der Waals surface area contributed by atoms with Crippen molar-refractivity contribution < 1.29 is 14.6 Å². The van der Waals surface area contributed by atoms with Gasteiger partial charge in [-0.3, -0.25) is 9.69 Å². The van der Waals surface area contributed by atoms with Crippen LogP contribution in [0.1, 0.15) is 11.1 Å². The summed E-state index contributed by atoms with van der Waals surface area (Å²) >= 11 is 9.91. The van der Waals surface area contributed by atoms with Crippen molar-refractivity contribution in [2.24, 2.45) is 0 Å². The van der Waals surface area contributed by atoms with Crippen molar-refractivity contribution in [2.45, 2.75) is 6.54 Å². The van der Waals surface area contributed by atoms with Crippen LogP contribution in [-0.4, -0.2) is 27.3 Å². The van der Waals surface area contributed by atoms with Crippen LogP contribution in [0.25, 0.3) is 6.08 Å². The van der Waals surface area contributed by atoms with E-state index in [9.17, 15) is 9.90 Å². The molecule has 1 heterocycles. The second-order valence-corrected chi connectivity index (χ2v) is 7.86. The molecular weight excluding hydrogens is 422 g/mol. The van der Waals surface area contributed by atoms with Gasteiger partial charge in [-0.25, -0.2) is 0 Å². The highest BCUT2D eigenvalue weighted by Gasteiger charge is 2.31. The first-order valence-electron chi connectivity index (χ1n) is 7.35. The molecule has 1 aliphatic heterocycles. The summed E-state index contributed by atoms with van der Waals surface area (Å²) in [4.78, 5) is 14.8. The Morgan fingerprint density at radius 1 is 1.28 bits per heavy atom. The third kappa shape index (κ3) is 4.05. The Hall–Kier alpha value is -1.83. The molecule has 1 saturated heterocycles. The molecule has 25 heavy (non-hydrogen) atoms.